The number of halogens is 2. The van der Waals surface area contributed by atoms with Crippen LogP contribution in [0.5, 0.6) is 0 Å². The van der Waals surface area contributed by atoms with Crippen LogP contribution in [-0.2, 0) is 4.79 Å². The zero-order valence-electron chi connectivity index (χ0n) is 15.4. The van der Waals surface area contributed by atoms with Gasteiger partial charge in [0.25, 0.3) is 5.91 Å². The Kier molecular flexibility index (Phi) is 5.14. The Morgan fingerprint density at radius 1 is 1.28 bits per heavy atom. The SMILES string of the molecule is CC#CC(=O)NC1CN(c2ccc3ncnc(Nc4cccc(Cl)c4F)c3n2)C1. The van der Waals surface area contributed by atoms with Crippen molar-refractivity contribution < 1.29 is 9.18 Å². The third-order valence-corrected chi connectivity index (χ3v) is 4.74. The van der Waals surface area contributed by atoms with E-state index in [9.17, 15) is 9.18 Å². The number of nitrogens with one attached hydrogen (secondary N) is 2. The first-order chi connectivity index (χ1) is 14.0. The van der Waals surface area contributed by atoms with Crippen molar-refractivity contribution in [1.82, 2.24) is 20.3 Å². The highest BCUT2D eigenvalue weighted by atomic mass is 35.5. The molecule has 3 heterocycles. The van der Waals surface area contributed by atoms with Crippen molar-refractivity contribution in [1.29, 1.82) is 0 Å². The molecule has 29 heavy (non-hydrogen) atoms. The van der Waals surface area contributed by atoms with Crippen molar-refractivity contribution in [2.24, 2.45) is 0 Å². The average molecular weight is 411 g/mol. The molecule has 0 spiro atoms. The molecule has 9 heteroatoms. The number of rotatable bonds is 4. The molecule has 1 aliphatic rings. The number of nitrogens with zero attached hydrogens (tertiary/aromatic N) is 4. The standard InChI is InChI=1S/C20H16ClFN6O/c1-2-4-17(29)25-12-9-28(10-12)16-8-7-15-19(27-16)20(24-11-23-15)26-14-6-3-5-13(21)18(14)22/h3,5-8,11-12H,9-10H2,1H3,(H,25,29)(H,23,24,26). The van der Waals surface area contributed by atoms with Crippen LogP contribution in [0.15, 0.2) is 36.7 Å². The second-order valence-corrected chi connectivity index (χ2v) is 6.84. The van der Waals surface area contributed by atoms with Crippen LogP contribution >= 0.6 is 11.6 Å². The topological polar surface area (TPSA) is 83.0 Å². The molecular weight excluding hydrogens is 395 g/mol. The van der Waals surface area contributed by atoms with Crippen molar-refractivity contribution in [2.45, 2.75) is 13.0 Å². The fraction of sp³-hybridized carbons (Fsp3) is 0.200. The van der Waals surface area contributed by atoms with Crippen LogP contribution in [0, 0.1) is 17.7 Å². The average Bonchev–Trinajstić information content (AvgIpc) is 2.68. The lowest BCUT2D eigenvalue weighted by Gasteiger charge is -2.40. The van der Waals surface area contributed by atoms with Crippen LogP contribution in [0.1, 0.15) is 6.92 Å². The smallest absolute Gasteiger partial charge is 0.296 e. The predicted octanol–water partition coefficient (Wildman–Crippen LogP) is 2.89. The van der Waals surface area contributed by atoms with Crippen LogP contribution < -0.4 is 15.5 Å². The van der Waals surface area contributed by atoms with Gasteiger partial charge >= 0.3 is 0 Å². The Morgan fingerprint density at radius 3 is 2.90 bits per heavy atom. The maximum atomic E-state index is 14.3. The lowest BCUT2D eigenvalue weighted by Crippen LogP contribution is -2.59. The van der Waals surface area contributed by atoms with Gasteiger partial charge in [-0.1, -0.05) is 23.6 Å². The molecule has 0 saturated carbocycles. The van der Waals surface area contributed by atoms with Gasteiger partial charge in [0.1, 0.15) is 17.7 Å². The number of carbonyl (C=O) groups excluding carboxylic acids is 1. The van der Waals surface area contributed by atoms with Gasteiger partial charge in [-0.05, 0) is 37.1 Å². The molecule has 2 N–H and O–H groups in total. The molecule has 2 aromatic heterocycles. The Morgan fingerprint density at radius 2 is 2.10 bits per heavy atom. The molecule has 1 saturated heterocycles. The van der Waals surface area contributed by atoms with Gasteiger partial charge in [-0.15, -0.1) is 0 Å². The first kappa shape index (κ1) is 18.9. The van der Waals surface area contributed by atoms with Crippen LogP contribution in [0.2, 0.25) is 5.02 Å². The fourth-order valence-electron chi connectivity index (χ4n) is 3.02. The van der Waals surface area contributed by atoms with Crippen molar-refractivity contribution >= 4 is 45.9 Å². The van der Waals surface area contributed by atoms with Gasteiger partial charge in [-0.3, -0.25) is 4.79 Å². The Balaban J connectivity index is 1.56. The number of amides is 1. The van der Waals surface area contributed by atoms with E-state index in [1.165, 1.54) is 12.4 Å². The molecule has 3 aromatic rings. The maximum absolute atomic E-state index is 14.3. The summed E-state index contributed by atoms with van der Waals surface area (Å²) in [6.07, 6.45) is 1.39. The summed E-state index contributed by atoms with van der Waals surface area (Å²) in [7, 11) is 0. The number of hydrogen-bond donors (Lipinski definition) is 2. The predicted molar refractivity (Wildman–Crippen MR) is 110 cm³/mol. The van der Waals surface area contributed by atoms with Gasteiger partial charge in [0.15, 0.2) is 11.6 Å². The first-order valence-corrected chi connectivity index (χ1v) is 9.24. The number of hydrogen-bond acceptors (Lipinski definition) is 6. The summed E-state index contributed by atoms with van der Waals surface area (Å²) >= 11 is 5.85. The molecule has 1 fully saturated rings. The molecule has 0 bridgehead atoms. The minimum Gasteiger partial charge on any atom is -0.352 e. The number of pyridine rings is 1. The molecule has 146 valence electrons. The van der Waals surface area contributed by atoms with E-state index >= 15 is 0 Å². The summed E-state index contributed by atoms with van der Waals surface area (Å²) in [5.41, 5.74) is 1.33. The lowest BCUT2D eigenvalue weighted by molar-refractivity contribution is -0.116. The quantitative estimate of drug-likeness (QED) is 0.643. The zero-order chi connectivity index (χ0) is 20.4. The Hall–Kier alpha value is -3.44. The van der Waals surface area contributed by atoms with Gasteiger partial charge in [0.2, 0.25) is 0 Å². The number of benzene rings is 1. The highest BCUT2D eigenvalue weighted by Gasteiger charge is 2.29. The molecule has 1 amide bonds. The molecule has 0 aliphatic carbocycles. The lowest BCUT2D eigenvalue weighted by atomic mass is 10.1. The van der Waals surface area contributed by atoms with Crippen molar-refractivity contribution in [3.63, 3.8) is 0 Å². The summed E-state index contributed by atoms with van der Waals surface area (Å²) in [5, 5.41) is 5.80. The maximum Gasteiger partial charge on any atom is 0.296 e. The van der Waals surface area contributed by atoms with Crippen molar-refractivity contribution in [3.8, 4) is 11.8 Å². The van der Waals surface area contributed by atoms with Crippen LogP contribution in [-0.4, -0.2) is 40.0 Å². The zero-order valence-corrected chi connectivity index (χ0v) is 16.2. The van der Waals surface area contributed by atoms with Crippen molar-refractivity contribution in [3.05, 3.63) is 47.5 Å². The summed E-state index contributed by atoms with van der Waals surface area (Å²) < 4.78 is 14.3. The van der Waals surface area contributed by atoms with Gasteiger partial charge in [0.05, 0.1) is 22.3 Å². The monoisotopic (exact) mass is 410 g/mol. The van der Waals surface area contributed by atoms with E-state index in [1.54, 1.807) is 19.1 Å². The van der Waals surface area contributed by atoms with Crippen LogP contribution in [0.4, 0.5) is 21.7 Å². The second-order valence-electron chi connectivity index (χ2n) is 6.44. The number of carbonyl (C=O) groups is 1. The molecule has 1 aromatic carbocycles. The van der Waals surface area contributed by atoms with Crippen LogP contribution in [0.3, 0.4) is 0 Å². The molecular formula is C20H16ClFN6O. The molecule has 0 unspecified atom stereocenters. The van der Waals surface area contributed by atoms with Gasteiger partial charge in [-0.2, -0.15) is 0 Å². The molecule has 0 atom stereocenters. The minimum absolute atomic E-state index is 0.0171. The van der Waals surface area contributed by atoms with Crippen molar-refractivity contribution in [2.75, 3.05) is 23.3 Å². The number of fused-ring (bicyclic) bond motifs is 1. The fourth-order valence-corrected chi connectivity index (χ4v) is 3.19. The van der Waals surface area contributed by atoms with Gasteiger partial charge < -0.3 is 15.5 Å². The molecule has 7 nitrogen and oxygen atoms in total. The molecule has 1 aliphatic heterocycles. The number of aromatic nitrogens is 3. The van der Waals surface area contributed by atoms with E-state index in [0.29, 0.717) is 35.8 Å². The third kappa shape index (κ3) is 3.91. The van der Waals surface area contributed by atoms with E-state index in [1.807, 2.05) is 17.0 Å². The summed E-state index contributed by atoms with van der Waals surface area (Å²) in [5.74, 6) is 5.28. The molecule has 4 rings (SSSR count). The van der Waals surface area contributed by atoms with Gasteiger partial charge in [-0.25, -0.2) is 19.3 Å². The highest BCUT2D eigenvalue weighted by molar-refractivity contribution is 6.31. The minimum atomic E-state index is -0.561. The first-order valence-electron chi connectivity index (χ1n) is 8.86. The van der Waals surface area contributed by atoms with E-state index in [0.717, 1.165) is 0 Å². The largest absolute Gasteiger partial charge is 0.352 e. The van der Waals surface area contributed by atoms with Crippen LogP contribution in [0.25, 0.3) is 11.0 Å². The summed E-state index contributed by atoms with van der Waals surface area (Å²) in [4.78, 5) is 26.6. The van der Waals surface area contributed by atoms with E-state index < -0.39 is 5.82 Å². The highest BCUT2D eigenvalue weighted by Crippen LogP contribution is 2.29. The number of anilines is 3. The second kappa shape index (κ2) is 7.89. The molecule has 0 radical (unpaired) electrons. The van der Waals surface area contributed by atoms with E-state index in [2.05, 4.69) is 37.4 Å². The van der Waals surface area contributed by atoms with E-state index in [4.69, 9.17) is 11.6 Å². The Labute approximate surface area is 171 Å². The summed E-state index contributed by atoms with van der Waals surface area (Å²) in [6, 6.07) is 8.39. The van der Waals surface area contributed by atoms with Gasteiger partial charge in [0, 0.05) is 13.1 Å². The Bertz CT molecular complexity index is 1150. The third-order valence-electron chi connectivity index (χ3n) is 4.45. The van der Waals surface area contributed by atoms with E-state index in [-0.39, 0.29) is 22.7 Å². The summed E-state index contributed by atoms with van der Waals surface area (Å²) in [6.45, 7) is 2.86. The normalized spacial score (nSPS) is 13.4.